The second kappa shape index (κ2) is 5.45. The Balaban J connectivity index is 1.93. The lowest BCUT2D eigenvalue weighted by atomic mass is 9.83. The van der Waals surface area contributed by atoms with Gasteiger partial charge in [-0.25, -0.2) is 0 Å². The summed E-state index contributed by atoms with van der Waals surface area (Å²) in [6.07, 6.45) is 7.84. The number of aliphatic hydroxyl groups is 1. The molecule has 2 N–H and O–H groups in total. The molecule has 1 aliphatic rings. The number of nitrogens with one attached hydrogen (secondary N) is 1. The number of piperidine rings is 1. The molecular weight excluding hydrogens is 226 g/mol. The molecule has 0 aromatic carbocycles. The van der Waals surface area contributed by atoms with Crippen molar-refractivity contribution in [2.75, 3.05) is 0 Å². The van der Waals surface area contributed by atoms with Gasteiger partial charge in [-0.05, 0) is 51.5 Å². The van der Waals surface area contributed by atoms with Gasteiger partial charge >= 0.3 is 0 Å². The highest BCUT2D eigenvalue weighted by atomic mass is 16.3. The van der Waals surface area contributed by atoms with Gasteiger partial charge in [0.1, 0.15) is 0 Å². The fourth-order valence-electron chi connectivity index (χ4n) is 2.75. The molecule has 3 heteroatoms. The van der Waals surface area contributed by atoms with Crippen LogP contribution < -0.4 is 5.32 Å². The van der Waals surface area contributed by atoms with E-state index >= 15 is 0 Å². The summed E-state index contributed by atoms with van der Waals surface area (Å²) in [6, 6.07) is 2.94. The summed E-state index contributed by atoms with van der Waals surface area (Å²) in [5, 5.41) is 13.5. The van der Waals surface area contributed by atoms with Crippen molar-refractivity contribution in [1.29, 1.82) is 0 Å². The number of furan rings is 1. The normalized spacial score (nSPS) is 29.4. The van der Waals surface area contributed by atoms with Crippen LogP contribution in [0.5, 0.6) is 0 Å². The lowest BCUT2D eigenvalue weighted by molar-refractivity contribution is 0.0598. The molecule has 0 amide bonds. The monoisotopic (exact) mass is 251 g/mol. The molecule has 0 bridgehead atoms. The van der Waals surface area contributed by atoms with Crippen LogP contribution in [-0.4, -0.2) is 16.7 Å². The molecule has 3 nitrogen and oxygen atoms in total. The van der Waals surface area contributed by atoms with E-state index in [1.165, 1.54) is 18.4 Å². The minimum Gasteiger partial charge on any atom is -0.472 e. The molecule has 18 heavy (non-hydrogen) atoms. The SMILES string of the molecule is C[C@H]1CC[C@@H](c2ccoc2)N[C@H]1CCC(C)(C)O. The van der Waals surface area contributed by atoms with Crippen LogP contribution in [0.15, 0.2) is 23.0 Å². The first kappa shape index (κ1) is 13.6. The number of hydrogen-bond acceptors (Lipinski definition) is 3. The van der Waals surface area contributed by atoms with Gasteiger partial charge in [-0.15, -0.1) is 0 Å². The van der Waals surface area contributed by atoms with Crippen LogP contribution in [0.4, 0.5) is 0 Å². The average Bonchev–Trinajstić information content (AvgIpc) is 2.80. The van der Waals surface area contributed by atoms with Crippen LogP contribution in [0, 0.1) is 5.92 Å². The highest BCUT2D eigenvalue weighted by molar-refractivity contribution is 5.13. The van der Waals surface area contributed by atoms with Crippen LogP contribution in [0.3, 0.4) is 0 Å². The molecule has 1 aromatic heterocycles. The molecule has 3 atom stereocenters. The van der Waals surface area contributed by atoms with Crippen molar-refractivity contribution in [3.05, 3.63) is 24.2 Å². The third-order valence-corrected chi connectivity index (χ3v) is 4.03. The molecule has 2 rings (SSSR count). The maximum atomic E-state index is 9.84. The molecule has 0 radical (unpaired) electrons. The highest BCUT2D eigenvalue weighted by Crippen LogP contribution is 2.31. The Hall–Kier alpha value is -0.800. The Morgan fingerprint density at radius 3 is 2.83 bits per heavy atom. The molecule has 102 valence electrons. The van der Waals surface area contributed by atoms with Crippen LogP contribution in [0.1, 0.15) is 58.1 Å². The summed E-state index contributed by atoms with van der Waals surface area (Å²) in [4.78, 5) is 0. The molecular formula is C15H25NO2. The van der Waals surface area contributed by atoms with Gasteiger partial charge in [0.25, 0.3) is 0 Å². The molecule has 1 saturated heterocycles. The molecule has 0 saturated carbocycles. The minimum atomic E-state index is -0.565. The second-order valence-corrected chi connectivity index (χ2v) is 6.29. The summed E-state index contributed by atoms with van der Waals surface area (Å²) in [5.74, 6) is 0.676. The van der Waals surface area contributed by atoms with Crippen molar-refractivity contribution in [2.45, 2.75) is 64.1 Å². The average molecular weight is 251 g/mol. The second-order valence-electron chi connectivity index (χ2n) is 6.29. The maximum absolute atomic E-state index is 9.84. The summed E-state index contributed by atoms with van der Waals surface area (Å²) >= 11 is 0. The Bertz CT molecular complexity index is 353. The third kappa shape index (κ3) is 3.59. The van der Waals surface area contributed by atoms with Crippen molar-refractivity contribution < 1.29 is 9.52 Å². The van der Waals surface area contributed by atoms with Crippen LogP contribution >= 0.6 is 0 Å². The van der Waals surface area contributed by atoms with E-state index in [1.54, 1.807) is 6.26 Å². The van der Waals surface area contributed by atoms with E-state index in [2.05, 4.69) is 12.2 Å². The third-order valence-electron chi connectivity index (χ3n) is 4.03. The van der Waals surface area contributed by atoms with E-state index in [0.29, 0.717) is 18.0 Å². The van der Waals surface area contributed by atoms with Gasteiger partial charge in [0, 0.05) is 17.6 Å². The Labute approximate surface area is 110 Å². The highest BCUT2D eigenvalue weighted by Gasteiger charge is 2.29. The van der Waals surface area contributed by atoms with Crippen LogP contribution in [0.2, 0.25) is 0 Å². The molecule has 2 heterocycles. The van der Waals surface area contributed by atoms with E-state index in [-0.39, 0.29) is 0 Å². The Morgan fingerprint density at radius 2 is 2.22 bits per heavy atom. The van der Waals surface area contributed by atoms with E-state index < -0.39 is 5.60 Å². The summed E-state index contributed by atoms with van der Waals surface area (Å²) < 4.78 is 5.16. The van der Waals surface area contributed by atoms with E-state index in [1.807, 2.05) is 26.2 Å². The summed E-state index contributed by atoms with van der Waals surface area (Å²) in [7, 11) is 0. The van der Waals surface area contributed by atoms with Crippen molar-refractivity contribution in [2.24, 2.45) is 5.92 Å². The van der Waals surface area contributed by atoms with Crippen molar-refractivity contribution >= 4 is 0 Å². The minimum absolute atomic E-state index is 0.409. The predicted molar refractivity (Wildman–Crippen MR) is 72.3 cm³/mol. The number of rotatable bonds is 4. The molecule has 0 spiro atoms. The molecule has 0 aliphatic carbocycles. The zero-order valence-electron chi connectivity index (χ0n) is 11.6. The van der Waals surface area contributed by atoms with Crippen molar-refractivity contribution in [1.82, 2.24) is 5.32 Å². The Morgan fingerprint density at radius 1 is 1.44 bits per heavy atom. The lowest BCUT2D eigenvalue weighted by Crippen LogP contribution is -2.43. The first-order valence-corrected chi connectivity index (χ1v) is 6.96. The summed E-state index contributed by atoms with van der Waals surface area (Å²) in [6.45, 7) is 6.07. The smallest absolute Gasteiger partial charge is 0.0950 e. The first-order valence-electron chi connectivity index (χ1n) is 6.96. The zero-order valence-corrected chi connectivity index (χ0v) is 11.6. The van der Waals surface area contributed by atoms with Gasteiger partial charge in [-0.1, -0.05) is 6.92 Å². The molecule has 1 fully saturated rings. The van der Waals surface area contributed by atoms with Gasteiger partial charge in [0.2, 0.25) is 0 Å². The fourth-order valence-corrected chi connectivity index (χ4v) is 2.75. The molecule has 1 aliphatic heterocycles. The lowest BCUT2D eigenvalue weighted by Gasteiger charge is -2.36. The molecule has 0 unspecified atom stereocenters. The van der Waals surface area contributed by atoms with E-state index in [4.69, 9.17) is 4.42 Å². The van der Waals surface area contributed by atoms with Gasteiger partial charge in [0.15, 0.2) is 0 Å². The van der Waals surface area contributed by atoms with Gasteiger partial charge < -0.3 is 14.8 Å². The van der Waals surface area contributed by atoms with Gasteiger partial charge in [-0.3, -0.25) is 0 Å². The standard InChI is InChI=1S/C15H25NO2/c1-11-4-5-14(12-7-9-18-10-12)16-13(11)6-8-15(2,3)17/h7,9-11,13-14,16-17H,4-6,8H2,1-3H3/t11-,13-,14-/m0/s1. The number of hydrogen-bond donors (Lipinski definition) is 2. The fraction of sp³-hybridized carbons (Fsp3) is 0.733. The van der Waals surface area contributed by atoms with E-state index in [0.717, 1.165) is 12.8 Å². The van der Waals surface area contributed by atoms with Gasteiger partial charge in [0.05, 0.1) is 18.1 Å². The largest absolute Gasteiger partial charge is 0.472 e. The maximum Gasteiger partial charge on any atom is 0.0950 e. The molecule has 1 aromatic rings. The quantitative estimate of drug-likeness (QED) is 0.863. The summed E-state index contributed by atoms with van der Waals surface area (Å²) in [5.41, 5.74) is 0.680. The topological polar surface area (TPSA) is 45.4 Å². The zero-order chi connectivity index (χ0) is 13.2. The van der Waals surface area contributed by atoms with E-state index in [9.17, 15) is 5.11 Å². The van der Waals surface area contributed by atoms with Crippen LogP contribution in [0.25, 0.3) is 0 Å². The van der Waals surface area contributed by atoms with Gasteiger partial charge in [-0.2, -0.15) is 0 Å². The van der Waals surface area contributed by atoms with Crippen LogP contribution in [-0.2, 0) is 0 Å². The predicted octanol–water partition coefficient (Wildman–Crippen LogP) is 3.26. The Kier molecular flexibility index (Phi) is 4.13. The van der Waals surface area contributed by atoms with Crippen molar-refractivity contribution in [3.63, 3.8) is 0 Å². The first-order chi connectivity index (χ1) is 8.46. The van der Waals surface area contributed by atoms with Crippen molar-refractivity contribution in [3.8, 4) is 0 Å².